The van der Waals surface area contributed by atoms with E-state index in [4.69, 9.17) is 4.74 Å². The first-order valence-electron chi connectivity index (χ1n) is 9.33. The van der Waals surface area contributed by atoms with Crippen molar-refractivity contribution in [2.45, 2.75) is 25.8 Å². The average molecular weight is 415 g/mol. The van der Waals surface area contributed by atoms with Crippen LogP contribution in [0.1, 0.15) is 35.1 Å². The van der Waals surface area contributed by atoms with Crippen LogP contribution in [0.5, 0.6) is 5.75 Å². The van der Waals surface area contributed by atoms with Gasteiger partial charge in [0.05, 0.1) is 7.11 Å². The molecule has 0 aliphatic rings. The zero-order valence-corrected chi connectivity index (χ0v) is 17.1. The van der Waals surface area contributed by atoms with Gasteiger partial charge in [0.1, 0.15) is 17.4 Å². The first-order valence-corrected chi connectivity index (χ1v) is 10.1. The summed E-state index contributed by atoms with van der Waals surface area (Å²) in [5.41, 5.74) is 1.14. The number of methoxy groups -OCH3 is 1. The van der Waals surface area contributed by atoms with Crippen LogP contribution in [-0.4, -0.2) is 35.0 Å². The number of rotatable bonds is 9. The van der Waals surface area contributed by atoms with Gasteiger partial charge in [-0.1, -0.05) is 25.1 Å². The lowest BCUT2D eigenvalue weighted by Crippen LogP contribution is -2.39. The number of aromatic nitrogens is 2. The second kappa shape index (κ2) is 9.97. The summed E-state index contributed by atoms with van der Waals surface area (Å²) in [7, 11) is 1.59. The van der Waals surface area contributed by atoms with Crippen molar-refractivity contribution in [2.24, 2.45) is 0 Å². The van der Waals surface area contributed by atoms with Gasteiger partial charge in [0.25, 0.3) is 5.91 Å². The van der Waals surface area contributed by atoms with Gasteiger partial charge in [-0.25, -0.2) is 9.37 Å². The molecule has 1 amide bonds. The fourth-order valence-corrected chi connectivity index (χ4v) is 3.32. The Morgan fingerprint density at radius 3 is 2.66 bits per heavy atom. The third-order valence-corrected chi connectivity index (χ3v) is 5.17. The smallest absolute Gasteiger partial charge is 0.251 e. The van der Waals surface area contributed by atoms with E-state index in [9.17, 15) is 9.18 Å². The number of nitrogens with one attached hydrogen (secondary N) is 2. The predicted octanol–water partition coefficient (Wildman–Crippen LogP) is 3.90. The quantitative estimate of drug-likeness (QED) is 0.555. The highest BCUT2D eigenvalue weighted by Crippen LogP contribution is 2.16. The summed E-state index contributed by atoms with van der Waals surface area (Å²) in [5, 5.41) is 6.86. The highest BCUT2D eigenvalue weighted by Gasteiger charge is 2.14. The molecule has 1 aromatic heterocycles. The van der Waals surface area contributed by atoms with E-state index in [0.29, 0.717) is 40.8 Å². The monoisotopic (exact) mass is 414 g/mol. The summed E-state index contributed by atoms with van der Waals surface area (Å²) in [4.78, 5) is 16.8. The molecule has 8 heteroatoms. The first-order chi connectivity index (χ1) is 14.1. The molecule has 3 rings (SSSR count). The second-order valence-electron chi connectivity index (χ2n) is 6.47. The number of hydrogen-bond acceptors (Lipinski definition) is 6. The van der Waals surface area contributed by atoms with Gasteiger partial charge in [-0.2, -0.15) is 4.37 Å². The summed E-state index contributed by atoms with van der Waals surface area (Å²) in [6, 6.07) is 13.5. The molecule has 2 aromatic carbocycles. The molecule has 1 atom stereocenters. The van der Waals surface area contributed by atoms with Gasteiger partial charge in [-0.05, 0) is 42.3 Å². The highest BCUT2D eigenvalue weighted by atomic mass is 32.1. The molecule has 1 unspecified atom stereocenters. The molecule has 0 radical (unpaired) electrons. The Labute approximate surface area is 173 Å². The third-order valence-electron chi connectivity index (χ3n) is 4.45. The van der Waals surface area contributed by atoms with Crippen molar-refractivity contribution in [1.29, 1.82) is 0 Å². The Bertz CT molecular complexity index is 946. The van der Waals surface area contributed by atoms with E-state index in [1.54, 1.807) is 49.6 Å². The Morgan fingerprint density at radius 2 is 1.97 bits per heavy atom. The van der Waals surface area contributed by atoms with Gasteiger partial charge < -0.3 is 15.4 Å². The van der Waals surface area contributed by atoms with Crippen molar-refractivity contribution >= 4 is 22.6 Å². The number of carbonyl (C=O) groups is 1. The molecule has 3 aromatic rings. The van der Waals surface area contributed by atoms with Crippen LogP contribution in [-0.2, 0) is 6.42 Å². The number of nitrogens with zero attached hydrogens (tertiary/aromatic N) is 2. The lowest BCUT2D eigenvalue weighted by atomic mass is 10.1. The largest absolute Gasteiger partial charge is 0.497 e. The highest BCUT2D eigenvalue weighted by molar-refractivity contribution is 7.09. The van der Waals surface area contributed by atoms with Crippen molar-refractivity contribution in [3.05, 3.63) is 71.3 Å². The van der Waals surface area contributed by atoms with E-state index in [2.05, 4.69) is 20.0 Å². The van der Waals surface area contributed by atoms with Gasteiger partial charge in [-0.3, -0.25) is 4.79 Å². The number of amides is 1. The van der Waals surface area contributed by atoms with E-state index in [-0.39, 0.29) is 17.8 Å². The van der Waals surface area contributed by atoms with Gasteiger partial charge >= 0.3 is 0 Å². The Balaban J connectivity index is 1.53. The van der Waals surface area contributed by atoms with E-state index < -0.39 is 0 Å². The zero-order valence-electron chi connectivity index (χ0n) is 16.3. The predicted molar refractivity (Wildman–Crippen MR) is 112 cm³/mol. The van der Waals surface area contributed by atoms with E-state index >= 15 is 0 Å². The molecule has 0 aliphatic heterocycles. The van der Waals surface area contributed by atoms with Gasteiger partial charge in [0.15, 0.2) is 0 Å². The number of benzene rings is 2. The molecule has 152 valence electrons. The molecule has 2 N–H and O–H groups in total. The molecule has 1 heterocycles. The molecule has 0 saturated carbocycles. The Hall–Kier alpha value is -3.00. The molecule has 6 nitrogen and oxygen atoms in total. The molecule has 29 heavy (non-hydrogen) atoms. The minimum atomic E-state index is -0.260. The van der Waals surface area contributed by atoms with Crippen LogP contribution in [0.3, 0.4) is 0 Å². The normalized spacial score (nSPS) is 11.7. The second-order valence-corrected chi connectivity index (χ2v) is 7.22. The average Bonchev–Trinajstić information content (AvgIpc) is 3.20. The number of carbonyl (C=O) groups excluding carboxylic acids is 1. The minimum absolute atomic E-state index is 0.0662. The maximum atomic E-state index is 13.8. The van der Waals surface area contributed by atoms with Crippen molar-refractivity contribution in [2.75, 3.05) is 19.0 Å². The van der Waals surface area contributed by atoms with Gasteiger partial charge in [0, 0.05) is 36.1 Å². The number of halogens is 1. The fourth-order valence-electron chi connectivity index (χ4n) is 2.73. The van der Waals surface area contributed by atoms with Crippen LogP contribution in [0.2, 0.25) is 0 Å². The van der Waals surface area contributed by atoms with Crippen molar-refractivity contribution < 1.29 is 13.9 Å². The molecule has 0 spiro atoms. The topological polar surface area (TPSA) is 76.1 Å². The molecule has 0 fully saturated rings. The van der Waals surface area contributed by atoms with E-state index in [0.717, 1.165) is 6.42 Å². The van der Waals surface area contributed by atoms with Crippen LogP contribution in [0.4, 0.5) is 9.52 Å². The SMILES string of the molecule is CCC(CNc1nc(Cc2ccccc2F)ns1)NC(=O)c1ccc(OC)cc1. The summed E-state index contributed by atoms with van der Waals surface area (Å²) in [5.74, 6) is 0.874. The van der Waals surface area contributed by atoms with Crippen LogP contribution in [0.15, 0.2) is 48.5 Å². The van der Waals surface area contributed by atoms with Crippen LogP contribution >= 0.6 is 11.5 Å². The van der Waals surface area contributed by atoms with Crippen LogP contribution in [0, 0.1) is 5.82 Å². The number of ether oxygens (including phenoxy) is 1. The fraction of sp³-hybridized carbons (Fsp3) is 0.286. The summed E-state index contributed by atoms with van der Waals surface area (Å²) >= 11 is 1.23. The lowest BCUT2D eigenvalue weighted by molar-refractivity contribution is 0.0938. The van der Waals surface area contributed by atoms with Crippen molar-refractivity contribution in [3.8, 4) is 5.75 Å². The summed E-state index contributed by atoms with van der Waals surface area (Å²) < 4.78 is 23.2. The lowest BCUT2D eigenvalue weighted by Gasteiger charge is -2.17. The number of hydrogen-bond donors (Lipinski definition) is 2. The molecule has 0 bridgehead atoms. The molecule has 0 aliphatic carbocycles. The molecule has 0 saturated heterocycles. The van der Waals surface area contributed by atoms with E-state index in [1.807, 2.05) is 6.92 Å². The maximum Gasteiger partial charge on any atom is 0.251 e. The van der Waals surface area contributed by atoms with Crippen LogP contribution < -0.4 is 15.4 Å². The Morgan fingerprint density at radius 1 is 1.21 bits per heavy atom. The zero-order chi connectivity index (χ0) is 20.6. The van der Waals surface area contributed by atoms with Gasteiger partial charge in [-0.15, -0.1) is 0 Å². The first kappa shape index (κ1) is 20.7. The van der Waals surface area contributed by atoms with Gasteiger partial charge in [0.2, 0.25) is 5.13 Å². The van der Waals surface area contributed by atoms with Crippen molar-refractivity contribution in [3.63, 3.8) is 0 Å². The standard InChI is InChI=1S/C21H23FN4O2S/c1-3-16(24-20(27)14-8-10-17(28-2)11-9-14)13-23-21-25-19(26-29-21)12-15-6-4-5-7-18(15)22/h4-11,16H,3,12-13H2,1-2H3,(H,24,27)(H,23,25,26). The molecular weight excluding hydrogens is 391 g/mol. The number of anilines is 1. The van der Waals surface area contributed by atoms with Crippen molar-refractivity contribution in [1.82, 2.24) is 14.7 Å². The summed E-state index contributed by atoms with van der Waals surface area (Å²) in [6.07, 6.45) is 1.10. The minimum Gasteiger partial charge on any atom is -0.497 e. The summed E-state index contributed by atoms with van der Waals surface area (Å²) in [6.45, 7) is 2.52. The third kappa shape index (κ3) is 5.74. The van der Waals surface area contributed by atoms with E-state index in [1.165, 1.54) is 17.6 Å². The maximum absolute atomic E-state index is 13.8. The van der Waals surface area contributed by atoms with Crippen LogP contribution in [0.25, 0.3) is 0 Å². The molecular formula is C21H23FN4O2S. The Kier molecular flexibility index (Phi) is 7.13.